The summed E-state index contributed by atoms with van der Waals surface area (Å²) in [7, 11) is 0. The van der Waals surface area contributed by atoms with E-state index >= 15 is 0 Å². The second-order valence-corrected chi connectivity index (χ2v) is 7.38. The van der Waals surface area contributed by atoms with Crippen LogP contribution in [-0.4, -0.2) is 28.0 Å². The third-order valence-electron chi connectivity index (χ3n) is 4.44. The highest BCUT2D eigenvalue weighted by Gasteiger charge is 2.29. The highest BCUT2D eigenvalue weighted by molar-refractivity contribution is 6.06. The molecular formula is C23H24FN3O3. The molecule has 0 aliphatic carbocycles. The van der Waals surface area contributed by atoms with Crippen LogP contribution in [0, 0.1) is 17.7 Å². The number of benzene rings is 2. The van der Waals surface area contributed by atoms with Crippen molar-refractivity contribution in [3.63, 3.8) is 0 Å². The number of esters is 1. The van der Waals surface area contributed by atoms with E-state index in [1.54, 1.807) is 23.0 Å². The summed E-state index contributed by atoms with van der Waals surface area (Å²) in [5.41, 5.74) is 1.77. The Hall–Kier alpha value is -3.48. The molecule has 1 N–H and O–H groups in total. The standard InChI is InChI=1S/C23H24FN3O3/c1-16(2)14-30-23(29)20(13-27-11-10-25-15-27)22(28)26-21-12-18(24)8-9-19(21)17-6-4-3-5-7-17/h3-12,15-16,20H,13-14H2,1-2H3,(H,26,28)/t20-/m0/s1. The first kappa shape index (κ1) is 21.2. The predicted octanol–water partition coefficient (Wildman–Crippen LogP) is 4.14. The topological polar surface area (TPSA) is 73.2 Å². The molecule has 1 atom stereocenters. The molecule has 3 aromatic rings. The van der Waals surface area contributed by atoms with Crippen LogP contribution in [0.2, 0.25) is 0 Å². The van der Waals surface area contributed by atoms with Gasteiger partial charge in [-0.3, -0.25) is 9.59 Å². The molecule has 0 aliphatic heterocycles. The van der Waals surface area contributed by atoms with E-state index in [2.05, 4.69) is 10.3 Å². The van der Waals surface area contributed by atoms with E-state index < -0.39 is 23.6 Å². The van der Waals surface area contributed by atoms with E-state index in [4.69, 9.17) is 4.74 Å². The zero-order valence-corrected chi connectivity index (χ0v) is 16.9. The number of nitrogens with zero attached hydrogens (tertiary/aromatic N) is 2. The Balaban J connectivity index is 1.86. The molecule has 2 aromatic carbocycles. The number of aromatic nitrogens is 2. The maximum absolute atomic E-state index is 13.9. The zero-order valence-electron chi connectivity index (χ0n) is 16.9. The van der Waals surface area contributed by atoms with Gasteiger partial charge in [0.25, 0.3) is 0 Å². The smallest absolute Gasteiger partial charge is 0.320 e. The Morgan fingerprint density at radius 1 is 1.17 bits per heavy atom. The summed E-state index contributed by atoms with van der Waals surface area (Å²) < 4.78 is 20.9. The number of amides is 1. The normalized spacial score (nSPS) is 11.9. The highest BCUT2D eigenvalue weighted by Crippen LogP contribution is 2.29. The number of hydrogen-bond donors (Lipinski definition) is 1. The van der Waals surface area contributed by atoms with Crippen LogP contribution >= 0.6 is 0 Å². The molecule has 7 heteroatoms. The molecule has 0 unspecified atom stereocenters. The average Bonchev–Trinajstić information content (AvgIpc) is 3.24. The number of anilines is 1. The van der Waals surface area contributed by atoms with Gasteiger partial charge in [-0.1, -0.05) is 44.2 Å². The number of halogens is 1. The molecular weight excluding hydrogens is 385 g/mol. The molecule has 0 saturated heterocycles. The Morgan fingerprint density at radius 3 is 2.60 bits per heavy atom. The first-order valence-corrected chi connectivity index (χ1v) is 9.72. The van der Waals surface area contributed by atoms with Crippen molar-refractivity contribution in [3.05, 3.63) is 73.1 Å². The third-order valence-corrected chi connectivity index (χ3v) is 4.44. The van der Waals surface area contributed by atoms with Crippen LogP contribution < -0.4 is 5.32 Å². The van der Waals surface area contributed by atoms with Gasteiger partial charge in [-0.05, 0) is 29.7 Å². The molecule has 30 heavy (non-hydrogen) atoms. The van der Waals surface area contributed by atoms with Crippen LogP contribution in [-0.2, 0) is 20.9 Å². The third kappa shape index (κ3) is 5.53. The van der Waals surface area contributed by atoms with E-state index in [9.17, 15) is 14.0 Å². The monoisotopic (exact) mass is 409 g/mol. The molecule has 156 valence electrons. The minimum Gasteiger partial charge on any atom is -0.465 e. The van der Waals surface area contributed by atoms with E-state index in [-0.39, 0.29) is 19.1 Å². The van der Waals surface area contributed by atoms with E-state index in [0.29, 0.717) is 11.3 Å². The molecule has 1 amide bonds. The molecule has 0 saturated carbocycles. The minimum absolute atomic E-state index is 0.0682. The minimum atomic E-state index is -1.11. The SMILES string of the molecule is CC(C)COC(=O)[C@@H](Cn1ccnc1)C(=O)Nc1cc(F)ccc1-c1ccccc1. The number of ether oxygens (including phenoxy) is 1. The van der Waals surface area contributed by atoms with Crippen LogP contribution in [0.25, 0.3) is 11.1 Å². The van der Waals surface area contributed by atoms with Gasteiger partial charge in [0, 0.05) is 24.5 Å². The lowest BCUT2D eigenvalue weighted by atomic mass is 10.0. The summed E-state index contributed by atoms with van der Waals surface area (Å²) in [5.74, 6) is -2.66. The Labute approximate surface area is 174 Å². The Kier molecular flexibility index (Phi) is 6.95. The summed E-state index contributed by atoms with van der Waals surface area (Å²) in [6, 6.07) is 13.5. The number of carbonyl (C=O) groups excluding carboxylic acids is 2. The summed E-state index contributed by atoms with van der Waals surface area (Å²) in [6.07, 6.45) is 4.75. The lowest BCUT2D eigenvalue weighted by molar-refractivity contribution is -0.152. The van der Waals surface area contributed by atoms with Crippen LogP contribution in [0.5, 0.6) is 0 Å². The van der Waals surface area contributed by atoms with Gasteiger partial charge >= 0.3 is 5.97 Å². The van der Waals surface area contributed by atoms with Gasteiger partial charge in [-0.2, -0.15) is 0 Å². The number of imidazole rings is 1. The first-order valence-electron chi connectivity index (χ1n) is 9.72. The maximum Gasteiger partial charge on any atom is 0.320 e. The van der Waals surface area contributed by atoms with Crippen molar-refractivity contribution in [2.75, 3.05) is 11.9 Å². The molecule has 6 nitrogen and oxygen atoms in total. The molecule has 1 aromatic heterocycles. The van der Waals surface area contributed by atoms with Gasteiger partial charge in [0.15, 0.2) is 5.92 Å². The van der Waals surface area contributed by atoms with Gasteiger partial charge < -0.3 is 14.6 Å². The van der Waals surface area contributed by atoms with Crippen molar-refractivity contribution in [2.24, 2.45) is 11.8 Å². The van der Waals surface area contributed by atoms with Crippen LogP contribution in [0.3, 0.4) is 0 Å². The highest BCUT2D eigenvalue weighted by atomic mass is 19.1. The predicted molar refractivity (Wildman–Crippen MR) is 112 cm³/mol. The largest absolute Gasteiger partial charge is 0.465 e. The van der Waals surface area contributed by atoms with Crippen LogP contribution in [0.1, 0.15) is 13.8 Å². The second-order valence-electron chi connectivity index (χ2n) is 7.38. The fraction of sp³-hybridized carbons (Fsp3) is 0.261. The fourth-order valence-corrected chi connectivity index (χ4v) is 2.93. The molecule has 0 radical (unpaired) electrons. The molecule has 3 rings (SSSR count). The fourth-order valence-electron chi connectivity index (χ4n) is 2.93. The molecule has 0 spiro atoms. The second kappa shape index (κ2) is 9.82. The van der Waals surface area contributed by atoms with Crippen molar-refractivity contribution in [2.45, 2.75) is 20.4 Å². The van der Waals surface area contributed by atoms with Gasteiger partial charge in [-0.15, -0.1) is 0 Å². The van der Waals surface area contributed by atoms with E-state index in [1.165, 1.54) is 18.5 Å². The van der Waals surface area contributed by atoms with Crippen molar-refractivity contribution < 1.29 is 18.7 Å². The van der Waals surface area contributed by atoms with Crippen LogP contribution in [0.15, 0.2) is 67.3 Å². The zero-order chi connectivity index (χ0) is 21.5. The average molecular weight is 409 g/mol. The number of hydrogen-bond acceptors (Lipinski definition) is 4. The lowest BCUT2D eigenvalue weighted by Gasteiger charge is -2.19. The molecule has 0 bridgehead atoms. The van der Waals surface area contributed by atoms with Crippen molar-refractivity contribution in [1.82, 2.24) is 9.55 Å². The van der Waals surface area contributed by atoms with E-state index in [0.717, 1.165) is 5.56 Å². The van der Waals surface area contributed by atoms with Gasteiger partial charge in [-0.25, -0.2) is 9.37 Å². The Morgan fingerprint density at radius 2 is 1.93 bits per heavy atom. The van der Waals surface area contributed by atoms with Crippen LogP contribution in [0.4, 0.5) is 10.1 Å². The maximum atomic E-state index is 13.9. The number of rotatable bonds is 8. The van der Waals surface area contributed by atoms with Gasteiger partial charge in [0.1, 0.15) is 5.82 Å². The molecule has 0 fully saturated rings. The van der Waals surface area contributed by atoms with E-state index in [1.807, 2.05) is 44.2 Å². The molecule has 0 aliphatic rings. The summed E-state index contributed by atoms with van der Waals surface area (Å²) in [6.45, 7) is 4.11. The lowest BCUT2D eigenvalue weighted by Crippen LogP contribution is -2.35. The van der Waals surface area contributed by atoms with Gasteiger partial charge in [0.2, 0.25) is 5.91 Å². The quantitative estimate of drug-likeness (QED) is 0.448. The molecule has 1 heterocycles. The van der Waals surface area contributed by atoms with Crippen molar-refractivity contribution >= 4 is 17.6 Å². The first-order chi connectivity index (χ1) is 14.4. The number of carbonyl (C=O) groups is 2. The van der Waals surface area contributed by atoms with Crippen molar-refractivity contribution in [1.29, 1.82) is 0 Å². The number of nitrogens with one attached hydrogen (secondary N) is 1. The summed E-state index contributed by atoms with van der Waals surface area (Å²) in [5, 5.41) is 2.72. The Bertz CT molecular complexity index is 988. The summed E-state index contributed by atoms with van der Waals surface area (Å²) in [4.78, 5) is 29.6. The summed E-state index contributed by atoms with van der Waals surface area (Å²) >= 11 is 0. The van der Waals surface area contributed by atoms with Crippen molar-refractivity contribution in [3.8, 4) is 11.1 Å². The van der Waals surface area contributed by atoms with Gasteiger partial charge in [0.05, 0.1) is 18.6 Å².